The molecular weight excluding hydrogens is 108 g/mol. The molecule has 0 heterocycles. The lowest BCUT2D eigenvalue weighted by molar-refractivity contribution is 0.672. The van der Waals surface area contributed by atoms with Crippen LogP contribution in [0.5, 0.6) is 0 Å². The van der Waals surface area contributed by atoms with E-state index in [2.05, 4.69) is 13.8 Å². The monoisotopic (exact) mass is 126 g/mol. The van der Waals surface area contributed by atoms with Gasteiger partial charge in [-0.15, -0.1) is 0 Å². The first-order chi connectivity index (χ1) is 3.80. The molecule has 1 aliphatic carbocycles. The van der Waals surface area contributed by atoms with Crippen molar-refractivity contribution < 1.29 is 0 Å². The molecule has 0 saturated carbocycles. The zero-order valence-corrected chi connectivity index (χ0v) is 5.83. The zero-order valence-electron chi connectivity index (χ0n) is 5.83. The van der Waals surface area contributed by atoms with Crippen molar-refractivity contribution in [2.75, 3.05) is 0 Å². The van der Waals surface area contributed by atoms with Gasteiger partial charge in [-0.2, -0.15) is 0 Å². The van der Waals surface area contributed by atoms with Crippen molar-refractivity contribution in [1.29, 1.82) is 0 Å². The third-order valence-corrected chi connectivity index (χ3v) is 2.08. The van der Waals surface area contributed by atoms with E-state index < -0.39 is 0 Å². The average Bonchev–Trinajstić information content (AvgIpc) is 1.77. The van der Waals surface area contributed by atoms with E-state index >= 15 is 0 Å². The summed E-state index contributed by atoms with van der Waals surface area (Å²) in [6, 6.07) is 0. The molecule has 0 atom stereocenters. The summed E-state index contributed by atoms with van der Waals surface area (Å²) < 4.78 is 0. The molecular formula is C9H18. The van der Waals surface area contributed by atoms with E-state index in [4.69, 9.17) is 0 Å². The first-order valence-electron chi connectivity index (χ1n) is 3.46. The second-order valence-electron chi connectivity index (χ2n) is 2.77. The highest BCUT2D eigenvalue weighted by atomic mass is 14.1. The molecule has 0 aromatic rings. The van der Waals surface area contributed by atoms with Gasteiger partial charge < -0.3 is 0 Å². The van der Waals surface area contributed by atoms with Crippen LogP contribution in [0.2, 0.25) is 0 Å². The van der Waals surface area contributed by atoms with Gasteiger partial charge in [-0.3, -0.25) is 0 Å². The second kappa shape index (κ2) is 3.71. The maximum atomic E-state index is 2.26. The Balaban J connectivity index is 0.000000640. The minimum absolute atomic E-state index is 0. The molecule has 0 heteroatoms. The first kappa shape index (κ1) is 8.74. The standard InChI is InChI=1S/C8H14.CH4/c1-7-5-3-4-6-8(7)2;/h3-6H2,1-2H3;1H4. The van der Waals surface area contributed by atoms with Gasteiger partial charge >= 0.3 is 0 Å². The summed E-state index contributed by atoms with van der Waals surface area (Å²) in [5.74, 6) is 0. The molecule has 0 unspecified atom stereocenters. The predicted molar refractivity (Wildman–Crippen MR) is 43.6 cm³/mol. The molecule has 1 aliphatic rings. The average molecular weight is 126 g/mol. The van der Waals surface area contributed by atoms with Gasteiger partial charge in [0, 0.05) is 0 Å². The summed E-state index contributed by atoms with van der Waals surface area (Å²) in [5.41, 5.74) is 3.27. The van der Waals surface area contributed by atoms with Gasteiger partial charge in [-0.1, -0.05) is 18.6 Å². The Kier molecular flexibility index (Phi) is 3.60. The Morgan fingerprint density at radius 1 is 0.889 bits per heavy atom. The third-order valence-electron chi connectivity index (χ3n) is 2.08. The molecule has 0 N–H and O–H groups in total. The number of hydrogen-bond acceptors (Lipinski definition) is 0. The van der Waals surface area contributed by atoms with E-state index in [1.807, 2.05) is 0 Å². The van der Waals surface area contributed by atoms with Gasteiger partial charge in [0.1, 0.15) is 0 Å². The minimum atomic E-state index is 0. The van der Waals surface area contributed by atoms with Crippen LogP contribution < -0.4 is 0 Å². The summed E-state index contributed by atoms with van der Waals surface area (Å²) in [6.45, 7) is 4.52. The van der Waals surface area contributed by atoms with Crippen LogP contribution in [0, 0.1) is 0 Å². The highest BCUT2D eigenvalue weighted by Gasteiger charge is 2.02. The van der Waals surface area contributed by atoms with Crippen molar-refractivity contribution in [1.82, 2.24) is 0 Å². The Labute approximate surface area is 59.0 Å². The van der Waals surface area contributed by atoms with Crippen LogP contribution in [-0.2, 0) is 0 Å². The van der Waals surface area contributed by atoms with Crippen molar-refractivity contribution in [3.05, 3.63) is 11.1 Å². The molecule has 0 aliphatic heterocycles. The second-order valence-corrected chi connectivity index (χ2v) is 2.77. The van der Waals surface area contributed by atoms with E-state index in [1.54, 1.807) is 11.1 Å². The van der Waals surface area contributed by atoms with Crippen molar-refractivity contribution in [3.63, 3.8) is 0 Å². The Morgan fingerprint density at radius 2 is 1.22 bits per heavy atom. The van der Waals surface area contributed by atoms with Crippen molar-refractivity contribution >= 4 is 0 Å². The molecule has 9 heavy (non-hydrogen) atoms. The van der Waals surface area contributed by atoms with Crippen LogP contribution in [0.15, 0.2) is 11.1 Å². The quantitative estimate of drug-likeness (QED) is 0.435. The van der Waals surface area contributed by atoms with E-state index in [-0.39, 0.29) is 7.43 Å². The third kappa shape index (κ3) is 2.21. The van der Waals surface area contributed by atoms with Crippen LogP contribution in [0.1, 0.15) is 47.0 Å². The number of hydrogen-bond donors (Lipinski definition) is 0. The summed E-state index contributed by atoms with van der Waals surface area (Å²) in [6.07, 6.45) is 5.55. The summed E-state index contributed by atoms with van der Waals surface area (Å²) >= 11 is 0. The summed E-state index contributed by atoms with van der Waals surface area (Å²) in [5, 5.41) is 0. The fraction of sp³-hybridized carbons (Fsp3) is 0.778. The van der Waals surface area contributed by atoms with Crippen LogP contribution in [0.3, 0.4) is 0 Å². The first-order valence-corrected chi connectivity index (χ1v) is 3.46. The molecule has 0 fully saturated rings. The zero-order chi connectivity index (χ0) is 5.98. The van der Waals surface area contributed by atoms with E-state index in [0.29, 0.717) is 0 Å². The van der Waals surface area contributed by atoms with Crippen LogP contribution in [0.25, 0.3) is 0 Å². The smallest absolute Gasteiger partial charge is 0.0320 e. The van der Waals surface area contributed by atoms with Gasteiger partial charge in [0.2, 0.25) is 0 Å². The van der Waals surface area contributed by atoms with Crippen LogP contribution in [-0.4, -0.2) is 0 Å². The fourth-order valence-corrected chi connectivity index (χ4v) is 1.21. The Hall–Kier alpha value is -0.260. The molecule has 0 aromatic heterocycles. The van der Waals surface area contributed by atoms with Gasteiger partial charge in [-0.25, -0.2) is 0 Å². The summed E-state index contributed by atoms with van der Waals surface area (Å²) in [7, 11) is 0. The lowest BCUT2D eigenvalue weighted by Gasteiger charge is -2.12. The molecule has 0 spiro atoms. The SMILES string of the molecule is C.CC1=C(C)CCCC1. The van der Waals surface area contributed by atoms with Crippen LogP contribution in [0.4, 0.5) is 0 Å². The minimum Gasteiger partial charge on any atom is -0.0776 e. The lowest BCUT2D eigenvalue weighted by atomic mass is 9.94. The largest absolute Gasteiger partial charge is 0.0776 e. The van der Waals surface area contributed by atoms with Gasteiger partial charge in [0.05, 0.1) is 0 Å². The number of allylic oxidation sites excluding steroid dienone is 2. The molecule has 0 nitrogen and oxygen atoms in total. The summed E-state index contributed by atoms with van der Waals surface area (Å²) in [4.78, 5) is 0. The highest BCUT2D eigenvalue weighted by Crippen LogP contribution is 2.22. The van der Waals surface area contributed by atoms with Gasteiger partial charge in [0.25, 0.3) is 0 Å². The van der Waals surface area contributed by atoms with E-state index in [1.165, 1.54) is 25.7 Å². The van der Waals surface area contributed by atoms with Crippen molar-refractivity contribution in [2.24, 2.45) is 0 Å². The van der Waals surface area contributed by atoms with Crippen molar-refractivity contribution in [2.45, 2.75) is 47.0 Å². The maximum Gasteiger partial charge on any atom is -0.0320 e. The molecule has 0 aromatic carbocycles. The number of rotatable bonds is 0. The topological polar surface area (TPSA) is 0 Å². The molecule has 0 bridgehead atoms. The van der Waals surface area contributed by atoms with E-state index in [0.717, 1.165) is 0 Å². The van der Waals surface area contributed by atoms with Crippen molar-refractivity contribution in [3.8, 4) is 0 Å². The predicted octanol–water partition coefficient (Wildman–Crippen LogP) is 3.53. The Bertz CT molecular complexity index is 95.2. The lowest BCUT2D eigenvalue weighted by Crippen LogP contribution is -1.92. The fourth-order valence-electron chi connectivity index (χ4n) is 1.21. The molecule has 1 rings (SSSR count). The van der Waals surface area contributed by atoms with Gasteiger partial charge in [0.15, 0.2) is 0 Å². The van der Waals surface area contributed by atoms with Gasteiger partial charge in [-0.05, 0) is 39.5 Å². The maximum absolute atomic E-state index is 2.26. The van der Waals surface area contributed by atoms with E-state index in [9.17, 15) is 0 Å². The highest BCUT2D eigenvalue weighted by molar-refractivity contribution is 5.11. The molecule has 0 radical (unpaired) electrons. The normalized spacial score (nSPS) is 19.3. The molecule has 54 valence electrons. The molecule has 0 saturated heterocycles. The Morgan fingerprint density at radius 3 is 1.44 bits per heavy atom. The molecule has 0 amide bonds. The van der Waals surface area contributed by atoms with Crippen LogP contribution >= 0.6 is 0 Å².